The van der Waals surface area contributed by atoms with Crippen LogP contribution in [0.25, 0.3) is 16.9 Å². The van der Waals surface area contributed by atoms with E-state index in [4.69, 9.17) is 9.97 Å². The van der Waals surface area contributed by atoms with Crippen molar-refractivity contribution in [1.82, 2.24) is 19.9 Å². The zero-order valence-corrected chi connectivity index (χ0v) is 16.2. The molecule has 0 unspecified atom stereocenters. The van der Waals surface area contributed by atoms with Gasteiger partial charge in [0.25, 0.3) is 0 Å². The molecule has 146 valence electrons. The predicted octanol–water partition coefficient (Wildman–Crippen LogP) is 4.13. The molecule has 5 nitrogen and oxygen atoms in total. The second kappa shape index (κ2) is 7.29. The highest BCUT2D eigenvalue weighted by atomic mass is 19.1. The molecule has 1 aliphatic heterocycles. The molecule has 2 aromatic heterocycles. The molecule has 0 saturated carbocycles. The normalized spacial score (nSPS) is 13.4. The Bertz CT molecular complexity index is 1180. The summed E-state index contributed by atoms with van der Waals surface area (Å²) in [6.07, 6.45) is 0.845. The molecule has 0 radical (unpaired) electrons. The fraction of sp³-hybridized carbons (Fsp3) is 0.217. The number of anilines is 1. The number of benzene rings is 2. The van der Waals surface area contributed by atoms with Crippen molar-refractivity contribution >= 4 is 16.7 Å². The topological polar surface area (TPSA) is 54.8 Å². The summed E-state index contributed by atoms with van der Waals surface area (Å²) in [5, 5.41) is 7.49. The van der Waals surface area contributed by atoms with Gasteiger partial charge in [0, 0.05) is 42.7 Å². The molecule has 0 fully saturated rings. The molecule has 0 bridgehead atoms. The number of fused-ring (bicyclic) bond motifs is 2. The maximum atomic E-state index is 14.3. The second-order valence-electron chi connectivity index (χ2n) is 7.36. The lowest BCUT2D eigenvalue weighted by atomic mass is 10.1. The monoisotopic (exact) mass is 387 g/mol. The number of aryl methyl sites for hydroxylation is 1. The molecule has 5 rings (SSSR count). The van der Waals surface area contributed by atoms with Crippen LogP contribution >= 0.6 is 0 Å². The van der Waals surface area contributed by atoms with Gasteiger partial charge in [-0.1, -0.05) is 36.4 Å². The molecule has 29 heavy (non-hydrogen) atoms. The molecule has 2 aromatic carbocycles. The minimum absolute atomic E-state index is 0.228. The highest BCUT2D eigenvalue weighted by molar-refractivity contribution is 5.83. The van der Waals surface area contributed by atoms with Gasteiger partial charge < -0.3 is 10.6 Å². The van der Waals surface area contributed by atoms with Crippen LogP contribution in [0.15, 0.2) is 54.6 Å². The van der Waals surface area contributed by atoms with Crippen LogP contribution in [0, 0.1) is 12.7 Å². The highest BCUT2D eigenvalue weighted by Crippen LogP contribution is 2.28. The molecular formula is C23H22FN5. The van der Waals surface area contributed by atoms with Crippen molar-refractivity contribution in [3.05, 3.63) is 82.9 Å². The van der Waals surface area contributed by atoms with E-state index in [1.54, 1.807) is 6.07 Å². The highest BCUT2D eigenvalue weighted by Gasteiger charge is 2.20. The van der Waals surface area contributed by atoms with Crippen molar-refractivity contribution < 1.29 is 4.39 Å². The number of hydrogen-bond acceptors (Lipinski definition) is 4. The largest absolute Gasteiger partial charge is 0.366 e. The van der Waals surface area contributed by atoms with Crippen molar-refractivity contribution in [3.8, 4) is 5.95 Å². The van der Waals surface area contributed by atoms with Crippen LogP contribution in [0.3, 0.4) is 0 Å². The summed E-state index contributed by atoms with van der Waals surface area (Å²) in [4.78, 5) is 9.72. The van der Waals surface area contributed by atoms with Crippen molar-refractivity contribution in [3.63, 3.8) is 0 Å². The Morgan fingerprint density at radius 1 is 1.10 bits per heavy atom. The average molecular weight is 387 g/mol. The lowest BCUT2D eigenvalue weighted by molar-refractivity contribution is 0.624. The van der Waals surface area contributed by atoms with E-state index in [2.05, 4.69) is 22.8 Å². The van der Waals surface area contributed by atoms with E-state index in [0.717, 1.165) is 47.8 Å². The lowest BCUT2D eigenvalue weighted by Crippen LogP contribution is -2.27. The first-order valence-corrected chi connectivity index (χ1v) is 9.86. The van der Waals surface area contributed by atoms with Crippen LogP contribution in [0.1, 0.15) is 22.5 Å². The minimum Gasteiger partial charge on any atom is -0.366 e. The van der Waals surface area contributed by atoms with Gasteiger partial charge in [-0.2, -0.15) is 4.98 Å². The number of nitrogens with zero attached hydrogens (tertiary/aromatic N) is 3. The Morgan fingerprint density at radius 2 is 1.97 bits per heavy atom. The Hall–Kier alpha value is -3.25. The molecular weight excluding hydrogens is 365 g/mol. The van der Waals surface area contributed by atoms with E-state index in [9.17, 15) is 4.39 Å². The Morgan fingerprint density at radius 3 is 2.83 bits per heavy atom. The predicted molar refractivity (Wildman–Crippen MR) is 113 cm³/mol. The zero-order valence-electron chi connectivity index (χ0n) is 16.2. The molecule has 6 heteroatoms. The van der Waals surface area contributed by atoms with Crippen LogP contribution in [0.2, 0.25) is 0 Å². The molecule has 0 aliphatic carbocycles. The van der Waals surface area contributed by atoms with E-state index in [1.165, 1.54) is 11.6 Å². The zero-order chi connectivity index (χ0) is 19.8. The van der Waals surface area contributed by atoms with Gasteiger partial charge in [0.15, 0.2) is 0 Å². The van der Waals surface area contributed by atoms with Gasteiger partial charge in [-0.3, -0.25) is 4.57 Å². The van der Waals surface area contributed by atoms with Gasteiger partial charge in [0.2, 0.25) is 5.95 Å². The number of halogens is 1. The number of rotatable bonds is 4. The first kappa shape index (κ1) is 17.8. The third kappa shape index (κ3) is 3.25. The SMILES string of the molecule is Cc1cc2c(F)cccc2n1-c1nc2c(c(NCc3ccccc3)n1)CNCC2. The second-order valence-corrected chi connectivity index (χ2v) is 7.36. The molecule has 2 N–H and O–H groups in total. The van der Waals surface area contributed by atoms with Crippen LogP contribution in [0.4, 0.5) is 10.2 Å². The summed E-state index contributed by atoms with van der Waals surface area (Å²) in [6, 6.07) is 17.2. The van der Waals surface area contributed by atoms with E-state index in [1.807, 2.05) is 41.8 Å². The molecule has 4 aromatic rings. The van der Waals surface area contributed by atoms with E-state index >= 15 is 0 Å². The number of hydrogen-bond donors (Lipinski definition) is 2. The Labute approximate surface area is 168 Å². The molecule has 0 saturated heterocycles. The van der Waals surface area contributed by atoms with Crippen molar-refractivity contribution in [1.29, 1.82) is 0 Å². The van der Waals surface area contributed by atoms with Crippen LogP contribution < -0.4 is 10.6 Å². The van der Waals surface area contributed by atoms with Gasteiger partial charge in [-0.15, -0.1) is 0 Å². The maximum Gasteiger partial charge on any atom is 0.236 e. The number of aromatic nitrogens is 3. The average Bonchev–Trinajstić information content (AvgIpc) is 3.10. The van der Waals surface area contributed by atoms with Crippen molar-refractivity contribution in [2.24, 2.45) is 0 Å². The van der Waals surface area contributed by atoms with Crippen LogP contribution in [-0.2, 0) is 19.5 Å². The van der Waals surface area contributed by atoms with Crippen LogP contribution in [0.5, 0.6) is 0 Å². The fourth-order valence-electron chi connectivity index (χ4n) is 3.95. The molecule has 1 aliphatic rings. The van der Waals surface area contributed by atoms with E-state index in [-0.39, 0.29) is 5.82 Å². The van der Waals surface area contributed by atoms with Gasteiger partial charge in [0.05, 0.1) is 11.2 Å². The minimum atomic E-state index is -0.228. The maximum absolute atomic E-state index is 14.3. The molecule has 0 spiro atoms. The van der Waals surface area contributed by atoms with Gasteiger partial charge >= 0.3 is 0 Å². The van der Waals surface area contributed by atoms with Crippen LogP contribution in [-0.4, -0.2) is 21.1 Å². The summed E-state index contributed by atoms with van der Waals surface area (Å²) in [5.41, 5.74) is 5.03. The summed E-state index contributed by atoms with van der Waals surface area (Å²) < 4.78 is 16.2. The molecule has 0 amide bonds. The van der Waals surface area contributed by atoms with Crippen molar-refractivity contribution in [2.75, 3.05) is 11.9 Å². The van der Waals surface area contributed by atoms with E-state index in [0.29, 0.717) is 17.9 Å². The molecule has 0 atom stereocenters. The Balaban J connectivity index is 1.61. The van der Waals surface area contributed by atoms with Gasteiger partial charge in [-0.25, -0.2) is 9.37 Å². The quantitative estimate of drug-likeness (QED) is 0.553. The third-order valence-electron chi connectivity index (χ3n) is 5.40. The number of nitrogens with one attached hydrogen (secondary N) is 2. The summed E-state index contributed by atoms with van der Waals surface area (Å²) in [7, 11) is 0. The van der Waals surface area contributed by atoms with Gasteiger partial charge in [0.1, 0.15) is 11.6 Å². The smallest absolute Gasteiger partial charge is 0.236 e. The van der Waals surface area contributed by atoms with Crippen molar-refractivity contribution in [2.45, 2.75) is 26.4 Å². The van der Waals surface area contributed by atoms with E-state index < -0.39 is 0 Å². The molecule has 3 heterocycles. The summed E-state index contributed by atoms with van der Waals surface area (Å²) >= 11 is 0. The summed E-state index contributed by atoms with van der Waals surface area (Å²) in [6.45, 7) is 4.28. The fourth-order valence-corrected chi connectivity index (χ4v) is 3.95. The summed E-state index contributed by atoms with van der Waals surface area (Å²) in [5.74, 6) is 1.19. The first-order valence-electron chi connectivity index (χ1n) is 9.86. The van der Waals surface area contributed by atoms with Gasteiger partial charge in [-0.05, 0) is 30.7 Å². The first-order chi connectivity index (χ1) is 14.2. The standard InChI is InChI=1S/C23H22FN5/c1-15-12-17-19(24)8-5-9-21(17)29(15)23-27-20-10-11-25-14-18(20)22(28-23)26-13-16-6-3-2-4-7-16/h2-9,12,25H,10-11,13-14H2,1H3,(H,26,27,28). The lowest BCUT2D eigenvalue weighted by Gasteiger charge is -2.21. The Kier molecular flexibility index (Phi) is 4.48. The third-order valence-corrected chi connectivity index (χ3v) is 5.40.